The van der Waals surface area contributed by atoms with Gasteiger partial charge < -0.3 is 14.7 Å². The van der Waals surface area contributed by atoms with Crippen LogP contribution in [0.1, 0.15) is 30.9 Å². The van der Waals surface area contributed by atoms with E-state index in [4.69, 9.17) is 4.74 Å². The molecule has 2 rings (SSSR count). The number of aryl methyl sites for hydroxylation is 1. The van der Waals surface area contributed by atoms with Crippen LogP contribution in [0.15, 0.2) is 18.2 Å². The summed E-state index contributed by atoms with van der Waals surface area (Å²) in [5.41, 5.74) is 2.36. The first-order chi connectivity index (χ1) is 9.15. The van der Waals surface area contributed by atoms with E-state index < -0.39 is 0 Å². The van der Waals surface area contributed by atoms with E-state index in [1.165, 1.54) is 11.1 Å². The Morgan fingerprint density at radius 1 is 1.42 bits per heavy atom. The van der Waals surface area contributed by atoms with E-state index in [1.807, 2.05) is 6.07 Å². The summed E-state index contributed by atoms with van der Waals surface area (Å²) in [4.78, 5) is 2.32. The molecule has 0 radical (unpaired) electrons. The molecule has 0 spiro atoms. The van der Waals surface area contributed by atoms with Crippen LogP contribution < -0.4 is 4.74 Å². The molecule has 1 aliphatic rings. The highest BCUT2D eigenvalue weighted by atomic mass is 16.5. The van der Waals surface area contributed by atoms with Gasteiger partial charge >= 0.3 is 0 Å². The van der Waals surface area contributed by atoms with E-state index in [0.29, 0.717) is 0 Å². The van der Waals surface area contributed by atoms with Crippen LogP contribution in [0.3, 0.4) is 0 Å². The van der Waals surface area contributed by atoms with Crippen molar-refractivity contribution in [2.24, 2.45) is 0 Å². The topological polar surface area (TPSA) is 32.7 Å². The summed E-state index contributed by atoms with van der Waals surface area (Å²) in [6.07, 6.45) is 3.15. The highest BCUT2D eigenvalue weighted by Gasteiger charge is 2.35. The molecule has 0 aliphatic carbocycles. The summed E-state index contributed by atoms with van der Waals surface area (Å²) >= 11 is 0. The molecule has 0 amide bonds. The average Bonchev–Trinajstić information content (AvgIpc) is 2.46. The molecule has 1 unspecified atom stereocenters. The number of hydrogen-bond acceptors (Lipinski definition) is 3. The Morgan fingerprint density at radius 3 is 2.79 bits per heavy atom. The normalized spacial score (nSPS) is 24.4. The zero-order chi connectivity index (χ0) is 13.9. The molecule has 1 heterocycles. The molecule has 1 atom stereocenters. The molecule has 1 aromatic carbocycles. The van der Waals surface area contributed by atoms with Crippen LogP contribution in [0.25, 0.3) is 0 Å². The van der Waals surface area contributed by atoms with Gasteiger partial charge in [0.2, 0.25) is 0 Å². The molecule has 19 heavy (non-hydrogen) atoms. The van der Waals surface area contributed by atoms with Gasteiger partial charge in [0.25, 0.3) is 0 Å². The Kier molecular flexibility index (Phi) is 4.48. The average molecular weight is 263 g/mol. The quantitative estimate of drug-likeness (QED) is 0.904. The van der Waals surface area contributed by atoms with Crippen molar-refractivity contribution in [2.75, 3.05) is 33.9 Å². The number of aliphatic hydroxyl groups is 1. The van der Waals surface area contributed by atoms with Gasteiger partial charge in [0.05, 0.1) is 13.7 Å². The molecule has 3 heteroatoms. The lowest BCUT2D eigenvalue weighted by Gasteiger charge is -2.41. The Labute approximate surface area is 116 Å². The predicted molar refractivity (Wildman–Crippen MR) is 77.9 cm³/mol. The highest BCUT2D eigenvalue weighted by Crippen LogP contribution is 2.35. The summed E-state index contributed by atoms with van der Waals surface area (Å²) in [7, 11) is 3.85. The second kappa shape index (κ2) is 5.93. The van der Waals surface area contributed by atoms with E-state index >= 15 is 0 Å². The summed E-state index contributed by atoms with van der Waals surface area (Å²) in [5, 5.41) is 9.94. The number of hydrogen-bond donors (Lipinski definition) is 1. The van der Waals surface area contributed by atoms with Crippen molar-refractivity contribution in [1.82, 2.24) is 4.90 Å². The molecule has 3 nitrogen and oxygen atoms in total. The van der Waals surface area contributed by atoms with Crippen molar-refractivity contribution in [3.8, 4) is 5.75 Å². The van der Waals surface area contributed by atoms with Gasteiger partial charge in [-0.25, -0.2) is 0 Å². The van der Waals surface area contributed by atoms with Crippen LogP contribution >= 0.6 is 0 Å². The predicted octanol–water partition coefficient (Wildman–Crippen LogP) is 2.21. The molecule has 1 saturated heterocycles. The summed E-state index contributed by atoms with van der Waals surface area (Å²) < 4.78 is 5.39. The van der Waals surface area contributed by atoms with E-state index in [-0.39, 0.29) is 12.0 Å². The largest absolute Gasteiger partial charge is 0.496 e. The molecule has 0 saturated carbocycles. The van der Waals surface area contributed by atoms with Gasteiger partial charge in [0, 0.05) is 12.0 Å². The van der Waals surface area contributed by atoms with Crippen molar-refractivity contribution in [3.05, 3.63) is 29.3 Å². The minimum absolute atomic E-state index is 0.108. The fraction of sp³-hybridized carbons (Fsp3) is 0.625. The monoisotopic (exact) mass is 263 g/mol. The van der Waals surface area contributed by atoms with Crippen LogP contribution in [0, 0.1) is 0 Å². The molecule has 1 N–H and O–H groups in total. The lowest BCUT2D eigenvalue weighted by molar-refractivity contribution is 0.105. The minimum atomic E-state index is -0.108. The number of aliphatic hydroxyl groups excluding tert-OH is 1. The number of rotatable bonds is 4. The zero-order valence-electron chi connectivity index (χ0n) is 12.3. The van der Waals surface area contributed by atoms with E-state index in [1.54, 1.807) is 7.11 Å². The summed E-state index contributed by atoms with van der Waals surface area (Å²) in [6.45, 7) is 4.41. The third-order valence-corrected chi connectivity index (χ3v) is 4.34. The molecule has 106 valence electrons. The molecular formula is C16H25NO2. The zero-order valence-corrected chi connectivity index (χ0v) is 12.3. The minimum Gasteiger partial charge on any atom is -0.496 e. The van der Waals surface area contributed by atoms with E-state index in [2.05, 4.69) is 31.0 Å². The lowest BCUT2D eigenvalue weighted by Crippen LogP contribution is -2.46. The fourth-order valence-electron chi connectivity index (χ4n) is 3.20. The smallest absolute Gasteiger partial charge is 0.122 e. The highest BCUT2D eigenvalue weighted by molar-refractivity contribution is 5.41. The van der Waals surface area contributed by atoms with Crippen molar-refractivity contribution in [2.45, 2.75) is 31.6 Å². The van der Waals surface area contributed by atoms with E-state index in [0.717, 1.165) is 38.1 Å². The Balaban J connectivity index is 2.37. The van der Waals surface area contributed by atoms with Gasteiger partial charge in [-0.3, -0.25) is 0 Å². The number of nitrogens with zero attached hydrogens (tertiary/aromatic N) is 1. The third-order valence-electron chi connectivity index (χ3n) is 4.34. The van der Waals surface area contributed by atoms with Gasteiger partial charge in [-0.15, -0.1) is 0 Å². The SMILES string of the molecule is CCc1cc(C2(CO)CCCN(C)C2)ccc1OC. The first-order valence-electron chi connectivity index (χ1n) is 7.12. The van der Waals surface area contributed by atoms with Crippen molar-refractivity contribution >= 4 is 0 Å². The molecular weight excluding hydrogens is 238 g/mol. The van der Waals surface area contributed by atoms with Crippen LogP contribution in [0.4, 0.5) is 0 Å². The summed E-state index contributed by atoms with van der Waals surface area (Å²) in [6, 6.07) is 6.38. The number of piperidine rings is 1. The number of methoxy groups -OCH3 is 1. The standard InChI is InChI=1S/C16H25NO2/c1-4-13-10-14(6-7-15(13)19-3)16(12-18)8-5-9-17(2)11-16/h6-7,10,18H,4-5,8-9,11-12H2,1-3H3. The van der Waals surface area contributed by atoms with Crippen LogP contribution in [-0.2, 0) is 11.8 Å². The summed E-state index contributed by atoms with van der Waals surface area (Å²) in [5.74, 6) is 0.948. The van der Waals surface area contributed by atoms with Crippen LogP contribution in [-0.4, -0.2) is 43.9 Å². The van der Waals surface area contributed by atoms with Gasteiger partial charge in [0.1, 0.15) is 5.75 Å². The van der Waals surface area contributed by atoms with E-state index in [9.17, 15) is 5.11 Å². The van der Waals surface area contributed by atoms with Crippen LogP contribution in [0.5, 0.6) is 5.75 Å². The second-order valence-corrected chi connectivity index (χ2v) is 5.66. The van der Waals surface area contributed by atoms with Crippen molar-refractivity contribution < 1.29 is 9.84 Å². The Bertz CT molecular complexity index is 433. The molecule has 0 bridgehead atoms. The fourth-order valence-corrected chi connectivity index (χ4v) is 3.20. The first-order valence-corrected chi connectivity index (χ1v) is 7.12. The second-order valence-electron chi connectivity index (χ2n) is 5.66. The maximum absolute atomic E-state index is 9.94. The number of ether oxygens (including phenoxy) is 1. The maximum Gasteiger partial charge on any atom is 0.122 e. The van der Waals surface area contributed by atoms with Crippen molar-refractivity contribution in [3.63, 3.8) is 0 Å². The number of likely N-dealkylation sites (N-methyl/N-ethyl adjacent to an activating group) is 1. The Hall–Kier alpha value is -1.06. The van der Waals surface area contributed by atoms with Crippen LogP contribution in [0.2, 0.25) is 0 Å². The molecule has 0 aromatic heterocycles. The van der Waals surface area contributed by atoms with Gasteiger partial charge in [-0.1, -0.05) is 19.1 Å². The third kappa shape index (κ3) is 2.77. The number of likely N-dealkylation sites (tertiary alicyclic amines) is 1. The van der Waals surface area contributed by atoms with Gasteiger partial charge in [-0.2, -0.15) is 0 Å². The van der Waals surface area contributed by atoms with Gasteiger partial charge in [-0.05, 0) is 50.0 Å². The molecule has 1 aliphatic heterocycles. The first kappa shape index (κ1) is 14.4. The molecule has 1 fully saturated rings. The molecule has 1 aromatic rings. The van der Waals surface area contributed by atoms with Gasteiger partial charge in [0.15, 0.2) is 0 Å². The lowest BCUT2D eigenvalue weighted by atomic mass is 9.74. The number of benzene rings is 1. The van der Waals surface area contributed by atoms with Crippen molar-refractivity contribution in [1.29, 1.82) is 0 Å². The maximum atomic E-state index is 9.94. The Morgan fingerprint density at radius 2 is 2.21 bits per heavy atom.